The minimum absolute atomic E-state index is 0.167. The van der Waals surface area contributed by atoms with E-state index in [1.807, 2.05) is 192 Å². The smallest absolute Gasteiger partial charge is 0.310 e. The summed E-state index contributed by atoms with van der Waals surface area (Å²) in [7, 11) is 0. The van der Waals surface area contributed by atoms with E-state index >= 15 is 26.3 Å². The third-order valence-electron chi connectivity index (χ3n) is 13.3. The lowest BCUT2D eigenvalue weighted by Gasteiger charge is -2.26. The standard InChI is InChI=1S/C62H40F6N4/c63-61(64,65)53-35-29-41(37-59(53)71-55-27-15-13-25-49(55)51-33-31-47(39-57(51)71)69(43-17-5-1-6-18-43)44-19-7-2-8-20-44)42-30-36-54(62(66,67)68)60(38-42)72-56-28-16-14-26-50(56)52-34-32-48(40-58(52)72)70(45-21-9-3-10-22-45)46-23-11-4-12-24-46/h1-40H. The normalized spacial score (nSPS) is 12.0. The molecule has 12 rings (SSSR count). The summed E-state index contributed by atoms with van der Waals surface area (Å²) < 4.78 is 96.3. The van der Waals surface area contributed by atoms with E-state index in [0.717, 1.165) is 56.4 Å². The predicted octanol–water partition coefficient (Wildman–Crippen LogP) is 18.5. The van der Waals surface area contributed by atoms with Crippen LogP contribution < -0.4 is 9.80 Å². The highest BCUT2D eigenvalue weighted by molar-refractivity contribution is 6.12. The molecule has 0 bridgehead atoms. The predicted molar refractivity (Wildman–Crippen MR) is 280 cm³/mol. The second-order valence-electron chi connectivity index (χ2n) is 17.6. The van der Waals surface area contributed by atoms with E-state index in [-0.39, 0.29) is 11.4 Å². The average Bonchev–Trinajstić information content (AvgIpc) is 3.91. The van der Waals surface area contributed by atoms with E-state index in [9.17, 15) is 0 Å². The molecule has 0 aliphatic heterocycles. The van der Waals surface area contributed by atoms with Gasteiger partial charge in [-0.25, -0.2) is 0 Å². The molecule has 2 heterocycles. The minimum atomic E-state index is -4.80. The largest absolute Gasteiger partial charge is 0.418 e. The second kappa shape index (κ2) is 17.4. The quantitative estimate of drug-likeness (QED) is 0.134. The summed E-state index contributed by atoms with van der Waals surface area (Å²) in [4.78, 5) is 4.09. The van der Waals surface area contributed by atoms with E-state index < -0.39 is 23.5 Å². The maximum Gasteiger partial charge on any atom is 0.418 e. The number of anilines is 6. The molecule has 4 nitrogen and oxygen atoms in total. The number of alkyl halides is 6. The molecular formula is C62H40F6N4. The fraction of sp³-hybridized carbons (Fsp3) is 0.0323. The molecule has 2 aromatic heterocycles. The average molecular weight is 955 g/mol. The molecule has 0 N–H and O–H groups in total. The highest BCUT2D eigenvalue weighted by Crippen LogP contribution is 2.46. The van der Waals surface area contributed by atoms with Gasteiger partial charge in [0.2, 0.25) is 0 Å². The minimum Gasteiger partial charge on any atom is -0.310 e. The van der Waals surface area contributed by atoms with Crippen molar-refractivity contribution in [2.75, 3.05) is 9.80 Å². The lowest BCUT2D eigenvalue weighted by Crippen LogP contribution is -2.12. The van der Waals surface area contributed by atoms with Crippen molar-refractivity contribution >= 4 is 77.7 Å². The van der Waals surface area contributed by atoms with Gasteiger partial charge in [-0.2, -0.15) is 26.3 Å². The van der Waals surface area contributed by atoms with E-state index in [2.05, 4.69) is 0 Å². The van der Waals surface area contributed by atoms with Gasteiger partial charge in [-0.05, 0) is 120 Å². The summed E-state index contributed by atoms with van der Waals surface area (Å²) in [5.74, 6) is 0. The fourth-order valence-electron chi connectivity index (χ4n) is 10.2. The molecule has 0 amide bonds. The first-order valence-corrected chi connectivity index (χ1v) is 23.3. The van der Waals surface area contributed by atoms with Gasteiger partial charge in [0.25, 0.3) is 0 Å². The van der Waals surface area contributed by atoms with Crippen molar-refractivity contribution in [2.24, 2.45) is 0 Å². The van der Waals surface area contributed by atoms with Crippen molar-refractivity contribution in [3.63, 3.8) is 0 Å². The summed E-state index contributed by atoms with van der Waals surface area (Å²) in [6.07, 6.45) is -9.61. The third kappa shape index (κ3) is 7.68. The number of hydrogen-bond acceptors (Lipinski definition) is 2. The van der Waals surface area contributed by atoms with Crippen LogP contribution in [0.2, 0.25) is 0 Å². The lowest BCUT2D eigenvalue weighted by atomic mass is 9.99. The molecule has 0 saturated carbocycles. The topological polar surface area (TPSA) is 16.3 Å². The van der Waals surface area contributed by atoms with Crippen LogP contribution in [-0.2, 0) is 12.4 Å². The zero-order valence-corrected chi connectivity index (χ0v) is 38.2. The summed E-state index contributed by atoms with van der Waals surface area (Å²) in [5.41, 5.74) is 5.41. The van der Waals surface area contributed by atoms with Crippen molar-refractivity contribution in [3.8, 4) is 22.5 Å². The Balaban J connectivity index is 1.08. The van der Waals surface area contributed by atoms with Crippen molar-refractivity contribution in [1.29, 1.82) is 0 Å². The molecule has 0 fully saturated rings. The summed E-state index contributed by atoms with van der Waals surface area (Å²) >= 11 is 0. The maximum absolute atomic E-state index is 15.5. The van der Waals surface area contributed by atoms with Crippen LogP contribution in [0, 0.1) is 0 Å². The van der Waals surface area contributed by atoms with Gasteiger partial charge >= 0.3 is 12.4 Å². The number of benzene rings is 10. The number of hydrogen-bond donors (Lipinski definition) is 0. The molecular weight excluding hydrogens is 915 g/mol. The Bertz CT molecular complexity index is 3620. The Morgan fingerprint density at radius 1 is 0.264 bits per heavy atom. The molecule has 0 atom stereocenters. The first kappa shape index (κ1) is 44.2. The molecule has 0 radical (unpaired) electrons. The number of halogens is 6. The Labute approximate surface area is 410 Å². The molecule has 12 aromatic rings. The van der Waals surface area contributed by atoms with Gasteiger partial charge in [0.05, 0.1) is 44.6 Å². The molecule has 10 aromatic carbocycles. The molecule has 0 spiro atoms. The Morgan fingerprint density at radius 3 is 0.903 bits per heavy atom. The van der Waals surface area contributed by atoms with Gasteiger partial charge in [0.15, 0.2) is 0 Å². The van der Waals surface area contributed by atoms with Crippen molar-refractivity contribution in [3.05, 3.63) is 254 Å². The molecule has 0 unspecified atom stereocenters. The number of aromatic nitrogens is 2. The van der Waals surface area contributed by atoms with Crippen LogP contribution in [0.4, 0.5) is 60.5 Å². The molecule has 0 aliphatic carbocycles. The zero-order chi connectivity index (χ0) is 49.1. The highest BCUT2D eigenvalue weighted by atomic mass is 19.4. The van der Waals surface area contributed by atoms with Gasteiger partial charge in [0.1, 0.15) is 0 Å². The number of nitrogens with zero attached hydrogens (tertiary/aromatic N) is 4. The van der Waals surface area contributed by atoms with Crippen LogP contribution in [0.15, 0.2) is 243 Å². The molecule has 72 heavy (non-hydrogen) atoms. The second-order valence-corrected chi connectivity index (χ2v) is 17.6. The van der Waals surface area contributed by atoms with Crippen LogP contribution in [-0.4, -0.2) is 9.13 Å². The molecule has 350 valence electrons. The monoisotopic (exact) mass is 954 g/mol. The highest BCUT2D eigenvalue weighted by Gasteiger charge is 2.37. The Morgan fingerprint density at radius 2 is 0.569 bits per heavy atom. The summed E-state index contributed by atoms with van der Waals surface area (Å²) in [6, 6.07) is 72.7. The third-order valence-corrected chi connectivity index (χ3v) is 13.3. The van der Waals surface area contributed by atoms with Crippen molar-refractivity contribution in [1.82, 2.24) is 9.13 Å². The van der Waals surface area contributed by atoms with Crippen molar-refractivity contribution < 1.29 is 26.3 Å². The summed E-state index contributed by atoms with van der Waals surface area (Å²) in [5, 5.41) is 2.94. The number of fused-ring (bicyclic) bond motifs is 6. The van der Waals surface area contributed by atoms with Crippen LogP contribution in [0.5, 0.6) is 0 Å². The SMILES string of the molecule is FC(F)(F)c1ccc(-c2ccc(C(F)(F)F)c(-n3c4ccccc4c4ccc(N(c5ccccc5)c5ccccc5)cc43)c2)cc1-n1c2ccccc2c2ccc(N(c3ccccc3)c3ccccc3)cc21. The van der Waals surface area contributed by atoms with E-state index in [0.29, 0.717) is 44.6 Å². The van der Waals surface area contributed by atoms with Gasteiger partial charge in [0, 0.05) is 55.7 Å². The van der Waals surface area contributed by atoms with Gasteiger partial charge in [-0.3, -0.25) is 0 Å². The van der Waals surface area contributed by atoms with Crippen LogP contribution in [0.3, 0.4) is 0 Å². The molecule has 0 saturated heterocycles. The van der Waals surface area contributed by atoms with E-state index in [1.54, 1.807) is 33.4 Å². The van der Waals surface area contributed by atoms with Crippen LogP contribution in [0.25, 0.3) is 66.1 Å². The van der Waals surface area contributed by atoms with Gasteiger partial charge < -0.3 is 18.9 Å². The van der Waals surface area contributed by atoms with Crippen molar-refractivity contribution in [2.45, 2.75) is 12.4 Å². The van der Waals surface area contributed by atoms with Crippen LogP contribution in [0.1, 0.15) is 11.1 Å². The number of rotatable bonds is 9. The zero-order valence-electron chi connectivity index (χ0n) is 38.2. The van der Waals surface area contributed by atoms with Gasteiger partial charge in [-0.1, -0.05) is 133 Å². The lowest BCUT2D eigenvalue weighted by molar-refractivity contribution is -0.138. The maximum atomic E-state index is 15.5. The van der Waals surface area contributed by atoms with E-state index in [1.165, 1.54) is 24.3 Å². The first-order valence-electron chi connectivity index (χ1n) is 23.3. The molecule has 10 heteroatoms. The van der Waals surface area contributed by atoms with Crippen LogP contribution >= 0.6 is 0 Å². The molecule has 0 aliphatic rings. The fourth-order valence-corrected chi connectivity index (χ4v) is 10.2. The van der Waals surface area contributed by atoms with Gasteiger partial charge in [-0.15, -0.1) is 0 Å². The Kier molecular flexibility index (Phi) is 10.7. The first-order chi connectivity index (χ1) is 35.0. The summed E-state index contributed by atoms with van der Waals surface area (Å²) in [6.45, 7) is 0. The number of para-hydroxylation sites is 6. The van der Waals surface area contributed by atoms with E-state index in [4.69, 9.17) is 0 Å². The Hall–Kier alpha value is -9.02.